The predicted octanol–water partition coefficient (Wildman–Crippen LogP) is 1.98. The molecule has 106 valence electrons. The van der Waals surface area contributed by atoms with Crippen LogP contribution in [0.15, 0.2) is 10.9 Å². The van der Waals surface area contributed by atoms with Crippen LogP contribution in [0.5, 0.6) is 0 Å². The zero-order valence-corrected chi connectivity index (χ0v) is 12.1. The van der Waals surface area contributed by atoms with E-state index in [-0.39, 0.29) is 11.2 Å². The number of aryl methyl sites for hydroxylation is 2. The van der Waals surface area contributed by atoms with E-state index in [0.717, 1.165) is 5.69 Å². The maximum atomic E-state index is 12.2. The molecule has 0 saturated carbocycles. The van der Waals surface area contributed by atoms with Gasteiger partial charge in [-0.3, -0.25) is 4.79 Å². The Morgan fingerprint density at radius 1 is 1.42 bits per heavy atom. The van der Waals surface area contributed by atoms with Gasteiger partial charge in [0.05, 0.1) is 5.60 Å². The lowest BCUT2D eigenvalue weighted by atomic mass is 10.0. The Morgan fingerprint density at radius 2 is 2.00 bits per heavy atom. The number of aromatic nitrogens is 1. The van der Waals surface area contributed by atoms with Crippen LogP contribution in [0.3, 0.4) is 0 Å². The summed E-state index contributed by atoms with van der Waals surface area (Å²) in [6.45, 7) is 7.74. The number of hydrogen-bond donors (Lipinski definition) is 1. The fourth-order valence-corrected chi connectivity index (χ4v) is 1.95. The highest BCUT2D eigenvalue weighted by Gasteiger charge is 2.20. The molecule has 0 spiro atoms. The van der Waals surface area contributed by atoms with Crippen LogP contribution in [-0.2, 0) is 11.3 Å². The van der Waals surface area contributed by atoms with Crippen LogP contribution in [0.1, 0.15) is 41.9 Å². The molecule has 1 rings (SSSR count). The van der Waals surface area contributed by atoms with E-state index in [4.69, 9.17) is 9.84 Å². The number of methoxy groups -OCH3 is 1. The fourth-order valence-electron chi connectivity index (χ4n) is 1.95. The second kappa shape index (κ2) is 5.57. The van der Waals surface area contributed by atoms with Crippen molar-refractivity contribution in [3.8, 4) is 0 Å². The second-order valence-electron chi connectivity index (χ2n) is 5.32. The van der Waals surface area contributed by atoms with Crippen LogP contribution in [-0.4, -0.2) is 28.4 Å². The average Bonchev–Trinajstić information content (AvgIpc) is 2.27. The van der Waals surface area contributed by atoms with Crippen molar-refractivity contribution in [1.82, 2.24) is 4.57 Å². The molecule has 19 heavy (non-hydrogen) atoms. The van der Waals surface area contributed by atoms with Crippen molar-refractivity contribution in [3.63, 3.8) is 0 Å². The van der Waals surface area contributed by atoms with Gasteiger partial charge in [-0.25, -0.2) is 4.79 Å². The van der Waals surface area contributed by atoms with Gasteiger partial charge in [-0.05, 0) is 45.7 Å². The zero-order valence-electron chi connectivity index (χ0n) is 12.1. The fraction of sp³-hybridized carbons (Fsp3) is 0.571. The minimum absolute atomic E-state index is 0.152. The summed E-state index contributed by atoms with van der Waals surface area (Å²) in [4.78, 5) is 23.3. The molecule has 0 unspecified atom stereocenters. The van der Waals surface area contributed by atoms with Gasteiger partial charge in [0, 0.05) is 19.3 Å². The Bertz CT molecular complexity index is 543. The Labute approximate surface area is 112 Å². The predicted molar refractivity (Wildman–Crippen MR) is 72.8 cm³/mol. The average molecular weight is 267 g/mol. The number of nitrogens with zero attached hydrogens (tertiary/aromatic N) is 1. The number of carbonyl (C=O) groups is 1. The first-order valence-electron chi connectivity index (χ1n) is 6.19. The van der Waals surface area contributed by atoms with Crippen LogP contribution >= 0.6 is 0 Å². The summed E-state index contributed by atoms with van der Waals surface area (Å²) in [5.41, 5.74) is 0.314. The molecular formula is C14H21NO4. The highest BCUT2D eigenvalue weighted by atomic mass is 16.5. The SMILES string of the molecule is COC(C)(C)CCn1c(C)cc(C)c(C(=O)O)c1=O. The molecule has 1 N–H and O–H groups in total. The summed E-state index contributed by atoms with van der Waals surface area (Å²) in [6.07, 6.45) is 0.631. The zero-order chi connectivity index (χ0) is 14.8. The molecular weight excluding hydrogens is 246 g/mol. The first-order valence-corrected chi connectivity index (χ1v) is 6.19. The minimum atomic E-state index is -1.18. The molecule has 0 saturated heterocycles. The third-order valence-corrected chi connectivity index (χ3v) is 3.41. The van der Waals surface area contributed by atoms with E-state index in [1.165, 1.54) is 4.57 Å². The van der Waals surface area contributed by atoms with E-state index in [1.807, 2.05) is 13.8 Å². The second-order valence-corrected chi connectivity index (χ2v) is 5.32. The molecule has 0 aliphatic heterocycles. The summed E-state index contributed by atoms with van der Waals surface area (Å²) in [7, 11) is 1.62. The molecule has 0 radical (unpaired) electrons. The van der Waals surface area contributed by atoms with Crippen molar-refractivity contribution < 1.29 is 14.6 Å². The standard InChI is InChI=1S/C14H21NO4/c1-9-8-10(2)15(7-6-14(3,4)19-5)12(16)11(9)13(17)18/h8H,6-7H2,1-5H3,(H,17,18). The monoisotopic (exact) mass is 267 g/mol. The van der Waals surface area contributed by atoms with E-state index in [9.17, 15) is 9.59 Å². The minimum Gasteiger partial charge on any atom is -0.477 e. The van der Waals surface area contributed by atoms with Crippen LogP contribution in [0, 0.1) is 13.8 Å². The molecule has 5 nitrogen and oxygen atoms in total. The van der Waals surface area contributed by atoms with Crippen LogP contribution in [0.25, 0.3) is 0 Å². The number of carboxylic acid groups (broad SMARTS) is 1. The van der Waals surface area contributed by atoms with Crippen LogP contribution in [0.4, 0.5) is 0 Å². The molecule has 1 heterocycles. The molecule has 0 aromatic carbocycles. The van der Waals surface area contributed by atoms with E-state index in [0.29, 0.717) is 18.5 Å². The number of hydrogen-bond acceptors (Lipinski definition) is 3. The van der Waals surface area contributed by atoms with Gasteiger partial charge in [0.25, 0.3) is 5.56 Å². The third-order valence-electron chi connectivity index (χ3n) is 3.41. The van der Waals surface area contributed by atoms with Gasteiger partial charge in [-0.1, -0.05) is 0 Å². The van der Waals surface area contributed by atoms with Gasteiger partial charge in [-0.15, -0.1) is 0 Å². The Morgan fingerprint density at radius 3 is 2.47 bits per heavy atom. The van der Waals surface area contributed by atoms with E-state index < -0.39 is 11.5 Å². The molecule has 0 atom stereocenters. The van der Waals surface area contributed by atoms with E-state index in [2.05, 4.69) is 0 Å². The number of rotatable bonds is 5. The maximum Gasteiger partial charge on any atom is 0.341 e. The highest BCUT2D eigenvalue weighted by molar-refractivity contribution is 5.88. The topological polar surface area (TPSA) is 68.5 Å². The van der Waals surface area contributed by atoms with Crippen molar-refractivity contribution in [2.45, 2.75) is 46.3 Å². The number of aromatic carboxylic acids is 1. The van der Waals surface area contributed by atoms with E-state index in [1.54, 1.807) is 27.0 Å². The molecule has 1 aromatic rings. The molecule has 0 amide bonds. The van der Waals surface area contributed by atoms with Gasteiger partial charge in [-0.2, -0.15) is 0 Å². The Hall–Kier alpha value is -1.62. The lowest BCUT2D eigenvalue weighted by Gasteiger charge is -2.24. The highest BCUT2D eigenvalue weighted by Crippen LogP contribution is 2.15. The van der Waals surface area contributed by atoms with Crippen molar-refractivity contribution in [1.29, 1.82) is 0 Å². The van der Waals surface area contributed by atoms with E-state index >= 15 is 0 Å². The molecule has 0 fully saturated rings. The third kappa shape index (κ3) is 3.44. The van der Waals surface area contributed by atoms with Crippen molar-refractivity contribution in [2.75, 3.05) is 7.11 Å². The lowest BCUT2D eigenvalue weighted by Crippen LogP contribution is -2.32. The normalized spacial score (nSPS) is 11.6. The number of carboxylic acids is 1. The molecule has 5 heteroatoms. The first kappa shape index (κ1) is 15.4. The number of pyridine rings is 1. The smallest absolute Gasteiger partial charge is 0.341 e. The van der Waals surface area contributed by atoms with Crippen LogP contribution in [0.2, 0.25) is 0 Å². The Kier molecular flexibility index (Phi) is 4.52. The van der Waals surface area contributed by atoms with Crippen molar-refractivity contribution in [2.24, 2.45) is 0 Å². The van der Waals surface area contributed by atoms with Crippen LogP contribution < -0.4 is 5.56 Å². The molecule has 0 bridgehead atoms. The van der Waals surface area contributed by atoms with Gasteiger partial charge in [0.2, 0.25) is 0 Å². The lowest BCUT2D eigenvalue weighted by molar-refractivity contribution is 0.0117. The Balaban J connectivity index is 3.19. The summed E-state index contributed by atoms with van der Waals surface area (Å²) >= 11 is 0. The van der Waals surface area contributed by atoms with Crippen molar-refractivity contribution >= 4 is 5.97 Å². The largest absolute Gasteiger partial charge is 0.477 e. The first-order chi connectivity index (χ1) is 8.69. The molecule has 1 aromatic heterocycles. The maximum absolute atomic E-state index is 12.2. The summed E-state index contributed by atoms with van der Waals surface area (Å²) in [5.74, 6) is -1.18. The van der Waals surface area contributed by atoms with Gasteiger partial charge in [0.1, 0.15) is 5.56 Å². The molecule has 0 aliphatic rings. The molecule has 0 aliphatic carbocycles. The van der Waals surface area contributed by atoms with Gasteiger partial charge >= 0.3 is 5.97 Å². The van der Waals surface area contributed by atoms with Crippen molar-refractivity contribution in [3.05, 3.63) is 33.2 Å². The van der Waals surface area contributed by atoms with Gasteiger partial charge in [0.15, 0.2) is 0 Å². The summed E-state index contributed by atoms with van der Waals surface area (Å²) in [6, 6.07) is 1.73. The number of ether oxygens (including phenoxy) is 1. The van der Waals surface area contributed by atoms with Gasteiger partial charge < -0.3 is 14.4 Å². The summed E-state index contributed by atoms with van der Waals surface area (Å²) < 4.78 is 6.81. The summed E-state index contributed by atoms with van der Waals surface area (Å²) in [5, 5.41) is 9.10. The quantitative estimate of drug-likeness (QED) is 0.885.